The predicted molar refractivity (Wildman–Crippen MR) is 85.2 cm³/mol. The number of piperidine rings is 1. The molecule has 1 aromatic heterocycles. The molecule has 2 aliphatic rings. The lowest BCUT2D eigenvalue weighted by molar-refractivity contribution is -0.135. The lowest BCUT2D eigenvalue weighted by Crippen LogP contribution is -2.45. The first-order chi connectivity index (χ1) is 11.2. The van der Waals surface area contributed by atoms with Gasteiger partial charge in [0.1, 0.15) is 11.8 Å². The van der Waals surface area contributed by atoms with E-state index in [2.05, 4.69) is 10.6 Å². The summed E-state index contributed by atoms with van der Waals surface area (Å²) in [5.41, 5.74) is 0. The molecule has 0 radical (unpaired) electrons. The Morgan fingerprint density at radius 3 is 2.83 bits per heavy atom. The standard InChI is InChI=1S/C17H19N3O3/c21-16-5-4-14(17(22)19-16)20-8-12-2-1-3-15(13(12)9-20)23-10-11-6-18-7-11/h1-3,8-9,11,14,18H,4-7,10H2,(H,19,21,22). The number of carbonyl (C=O) groups excluding carboxylic acids is 2. The Kier molecular flexibility index (Phi) is 3.53. The van der Waals surface area contributed by atoms with E-state index < -0.39 is 0 Å². The summed E-state index contributed by atoms with van der Waals surface area (Å²) in [7, 11) is 0. The van der Waals surface area contributed by atoms with Gasteiger partial charge in [0.05, 0.1) is 6.61 Å². The summed E-state index contributed by atoms with van der Waals surface area (Å²) in [5.74, 6) is 0.994. The van der Waals surface area contributed by atoms with Gasteiger partial charge in [-0.3, -0.25) is 14.9 Å². The molecule has 0 saturated carbocycles. The Morgan fingerprint density at radius 2 is 2.09 bits per heavy atom. The van der Waals surface area contributed by atoms with E-state index in [-0.39, 0.29) is 17.9 Å². The number of ether oxygens (including phenoxy) is 1. The van der Waals surface area contributed by atoms with Crippen molar-refractivity contribution in [1.29, 1.82) is 0 Å². The van der Waals surface area contributed by atoms with Crippen LogP contribution in [-0.4, -0.2) is 36.1 Å². The SMILES string of the molecule is O=C1CCC(n2cc3cccc(OCC4CNC4)c3c2)C(=O)N1. The van der Waals surface area contributed by atoms with Crippen molar-refractivity contribution in [3.63, 3.8) is 0 Å². The van der Waals surface area contributed by atoms with Crippen molar-refractivity contribution < 1.29 is 14.3 Å². The van der Waals surface area contributed by atoms with Crippen molar-refractivity contribution in [2.24, 2.45) is 5.92 Å². The van der Waals surface area contributed by atoms with E-state index in [0.717, 1.165) is 29.6 Å². The third kappa shape index (κ3) is 2.70. The number of amides is 2. The van der Waals surface area contributed by atoms with E-state index in [4.69, 9.17) is 4.74 Å². The van der Waals surface area contributed by atoms with Crippen LogP contribution >= 0.6 is 0 Å². The van der Waals surface area contributed by atoms with Crippen LogP contribution < -0.4 is 15.4 Å². The average Bonchev–Trinajstić information content (AvgIpc) is 2.90. The third-order valence-corrected chi connectivity index (χ3v) is 4.58. The van der Waals surface area contributed by atoms with Crippen LogP contribution in [0.1, 0.15) is 18.9 Å². The van der Waals surface area contributed by atoms with Gasteiger partial charge in [-0.15, -0.1) is 0 Å². The molecule has 0 spiro atoms. The molecule has 6 nitrogen and oxygen atoms in total. The Morgan fingerprint density at radius 1 is 1.22 bits per heavy atom. The van der Waals surface area contributed by atoms with Gasteiger partial charge >= 0.3 is 0 Å². The summed E-state index contributed by atoms with van der Waals surface area (Å²) in [4.78, 5) is 23.3. The molecule has 1 atom stereocenters. The highest BCUT2D eigenvalue weighted by Crippen LogP contribution is 2.30. The number of fused-ring (bicyclic) bond motifs is 1. The first kappa shape index (κ1) is 14.3. The van der Waals surface area contributed by atoms with E-state index in [1.165, 1.54) is 0 Å². The quantitative estimate of drug-likeness (QED) is 0.833. The zero-order chi connectivity index (χ0) is 15.8. The molecule has 0 bridgehead atoms. The summed E-state index contributed by atoms with van der Waals surface area (Å²) in [6.45, 7) is 2.72. The molecule has 1 aromatic carbocycles. The van der Waals surface area contributed by atoms with Crippen LogP contribution in [0, 0.1) is 5.92 Å². The normalized spacial score (nSPS) is 22.0. The molecule has 2 aliphatic heterocycles. The molecule has 2 amide bonds. The van der Waals surface area contributed by atoms with Crippen LogP contribution in [-0.2, 0) is 9.59 Å². The Labute approximate surface area is 133 Å². The van der Waals surface area contributed by atoms with Crippen molar-refractivity contribution in [3.8, 4) is 5.75 Å². The van der Waals surface area contributed by atoms with Crippen molar-refractivity contribution in [3.05, 3.63) is 30.6 Å². The van der Waals surface area contributed by atoms with Crippen LogP contribution in [0.4, 0.5) is 0 Å². The number of nitrogens with one attached hydrogen (secondary N) is 2. The van der Waals surface area contributed by atoms with Gasteiger partial charge in [0.2, 0.25) is 11.8 Å². The van der Waals surface area contributed by atoms with E-state index in [0.29, 0.717) is 25.4 Å². The van der Waals surface area contributed by atoms with Gasteiger partial charge in [0.25, 0.3) is 0 Å². The molecule has 2 aromatic rings. The van der Waals surface area contributed by atoms with E-state index >= 15 is 0 Å². The third-order valence-electron chi connectivity index (χ3n) is 4.58. The van der Waals surface area contributed by atoms with Gasteiger partial charge in [0, 0.05) is 48.6 Å². The number of carbonyl (C=O) groups is 2. The number of aromatic nitrogens is 1. The van der Waals surface area contributed by atoms with E-state index in [1.807, 2.05) is 35.2 Å². The van der Waals surface area contributed by atoms with Crippen LogP contribution in [0.5, 0.6) is 5.75 Å². The second kappa shape index (κ2) is 5.70. The molecule has 2 saturated heterocycles. The summed E-state index contributed by atoms with van der Waals surface area (Å²) in [6.07, 6.45) is 4.81. The van der Waals surface area contributed by atoms with Crippen LogP contribution in [0.2, 0.25) is 0 Å². The number of nitrogens with zero attached hydrogens (tertiary/aromatic N) is 1. The number of rotatable bonds is 4. The van der Waals surface area contributed by atoms with Gasteiger partial charge in [-0.05, 0) is 12.5 Å². The van der Waals surface area contributed by atoms with Gasteiger partial charge in [-0.25, -0.2) is 0 Å². The fourth-order valence-corrected chi connectivity index (χ4v) is 3.11. The minimum atomic E-state index is -0.330. The predicted octanol–water partition coefficient (Wildman–Crippen LogP) is 1.22. The first-order valence-corrected chi connectivity index (χ1v) is 7.98. The number of hydrogen-bond donors (Lipinski definition) is 2. The van der Waals surface area contributed by atoms with Crippen LogP contribution in [0.25, 0.3) is 10.8 Å². The van der Waals surface area contributed by atoms with Crippen molar-refractivity contribution in [1.82, 2.24) is 15.2 Å². The van der Waals surface area contributed by atoms with Crippen LogP contribution in [0.15, 0.2) is 30.6 Å². The monoisotopic (exact) mass is 313 g/mol. The fraction of sp³-hybridized carbons (Fsp3) is 0.412. The molecule has 3 heterocycles. The molecular weight excluding hydrogens is 294 g/mol. The summed E-state index contributed by atoms with van der Waals surface area (Å²) in [6, 6.07) is 5.60. The molecule has 6 heteroatoms. The zero-order valence-electron chi connectivity index (χ0n) is 12.7. The molecular formula is C17H19N3O3. The zero-order valence-corrected chi connectivity index (χ0v) is 12.7. The number of hydrogen-bond acceptors (Lipinski definition) is 4. The maximum Gasteiger partial charge on any atom is 0.249 e. The highest BCUT2D eigenvalue weighted by atomic mass is 16.5. The van der Waals surface area contributed by atoms with Crippen LogP contribution in [0.3, 0.4) is 0 Å². The van der Waals surface area contributed by atoms with Gasteiger partial charge in [0.15, 0.2) is 0 Å². The van der Waals surface area contributed by atoms with Crippen molar-refractivity contribution in [2.45, 2.75) is 18.9 Å². The highest BCUT2D eigenvalue weighted by Gasteiger charge is 2.28. The largest absolute Gasteiger partial charge is 0.492 e. The van der Waals surface area contributed by atoms with Gasteiger partial charge in [-0.1, -0.05) is 12.1 Å². The number of benzene rings is 1. The topological polar surface area (TPSA) is 72.4 Å². The Balaban J connectivity index is 1.59. The van der Waals surface area contributed by atoms with E-state index in [1.54, 1.807) is 0 Å². The van der Waals surface area contributed by atoms with Crippen molar-refractivity contribution in [2.75, 3.05) is 19.7 Å². The second-order valence-electron chi connectivity index (χ2n) is 6.27. The summed E-state index contributed by atoms with van der Waals surface area (Å²) < 4.78 is 7.85. The Bertz CT molecular complexity index is 764. The second-order valence-corrected chi connectivity index (χ2v) is 6.27. The molecule has 1 unspecified atom stereocenters. The van der Waals surface area contributed by atoms with Gasteiger partial charge in [-0.2, -0.15) is 0 Å². The Hall–Kier alpha value is -2.34. The molecule has 4 rings (SSSR count). The lowest BCUT2D eigenvalue weighted by atomic mass is 10.1. The maximum absolute atomic E-state index is 12.0. The summed E-state index contributed by atoms with van der Waals surface area (Å²) in [5, 5.41) is 7.68. The van der Waals surface area contributed by atoms with Crippen molar-refractivity contribution >= 4 is 22.6 Å². The molecule has 23 heavy (non-hydrogen) atoms. The minimum absolute atomic E-state index is 0.193. The van der Waals surface area contributed by atoms with E-state index in [9.17, 15) is 9.59 Å². The molecule has 2 N–H and O–H groups in total. The molecule has 120 valence electrons. The highest BCUT2D eigenvalue weighted by molar-refractivity contribution is 6.00. The molecule has 2 fully saturated rings. The minimum Gasteiger partial charge on any atom is -0.492 e. The fourth-order valence-electron chi connectivity index (χ4n) is 3.11. The smallest absolute Gasteiger partial charge is 0.249 e. The molecule has 0 aliphatic carbocycles. The average molecular weight is 313 g/mol. The first-order valence-electron chi connectivity index (χ1n) is 7.98. The lowest BCUT2D eigenvalue weighted by Gasteiger charge is -2.26. The summed E-state index contributed by atoms with van der Waals surface area (Å²) >= 11 is 0. The maximum atomic E-state index is 12.0. The van der Waals surface area contributed by atoms with Gasteiger partial charge < -0.3 is 14.6 Å². The number of imide groups is 1.